The molecule has 6 heteroatoms. The molecule has 26 heavy (non-hydrogen) atoms. The second-order valence-electron chi connectivity index (χ2n) is 5.84. The average molecular weight is 482 g/mol. The van der Waals surface area contributed by atoms with Gasteiger partial charge in [0, 0.05) is 0 Å². The molecule has 3 aromatic carbocycles. The Balaban J connectivity index is 2.02. The minimum absolute atomic E-state index is 0.725. The predicted molar refractivity (Wildman–Crippen MR) is 90.5 cm³/mol. The van der Waals surface area contributed by atoms with Gasteiger partial charge in [-0.1, -0.05) is 0 Å². The average Bonchev–Trinajstić information content (AvgIpc) is 2.64. The normalized spacial score (nSPS) is 14.0. The minimum atomic E-state index is -4.47. The van der Waals surface area contributed by atoms with Gasteiger partial charge in [0.15, 0.2) is 0 Å². The summed E-state index contributed by atoms with van der Waals surface area (Å²) in [5.41, 5.74) is 3.28. The van der Waals surface area contributed by atoms with Crippen molar-refractivity contribution in [1.29, 1.82) is 0 Å². The van der Waals surface area contributed by atoms with Crippen molar-refractivity contribution >= 4 is 28.7 Å². The van der Waals surface area contributed by atoms with Gasteiger partial charge in [-0.15, -0.1) is 0 Å². The van der Waals surface area contributed by atoms with E-state index >= 15 is 0 Å². The molecular weight excluding hydrogens is 467 g/mol. The molecule has 0 aliphatic carbocycles. The van der Waals surface area contributed by atoms with Crippen LogP contribution in [0, 0.1) is 13.4 Å². The molecule has 1 aliphatic heterocycles. The van der Waals surface area contributed by atoms with Crippen LogP contribution >= 0.6 is 0 Å². The maximum absolute atomic E-state index is 11.3. The van der Waals surface area contributed by atoms with E-state index in [0.29, 0.717) is 0 Å². The molecule has 132 valence electrons. The van der Waals surface area contributed by atoms with Crippen LogP contribution in [0.2, 0.25) is 0 Å². The molecule has 1 heterocycles. The maximum atomic E-state index is 11.3. The standard InChI is InChI=1S/C20H15ClO4Te/c22-21(23,24)25-26-19-12-6-4-10-16(19)18(14-15-8-2-1-3-9-15)17-11-5-7-13-20(17)26/h1-13H,14H2. The SMILES string of the molecule is [O-][Cl+3]([O-])([O-])O[Te]1=c2ccccc2=C(Cc2ccccc2)c2ccccc21. The number of hydrogen-bond acceptors (Lipinski definition) is 4. The van der Waals surface area contributed by atoms with Crippen molar-refractivity contribution in [1.82, 2.24) is 0 Å². The Morgan fingerprint density at radius 3 is 2.19 bits per heavy atom. The Kier molecular flexibility index (Phi) is 4.96. The van der Waals surface area contributed by atoms with Crippen LogP contribution in [-0.4, -0.2) is 19.5 Å². The predicted octanol–water partition coefficient (Wildman–Crippen LogP) is -0.913. The number of rotatable bonds is 4. The van der Waals surface area contributed by atoms with Crippen molar-refractivity contribution in [2.75, 3.05) is 0 Å². The first kappa shape index (κ1) is 17.8. The molecule has 0 spiro atoms. The molecular formula is C20H15ClO4Te. The fourth-order valence-electron chi connectivity index (χ4n) is 3.15. The van der Waals surface area contributed by atoms with E-state index < -0.39 is 29.7 Å². The number of halogens is 1. The molecule has 0 saturated carbocycles. The molecule has 0 radical (unpaired) electrons. The Morgan fingerprint density at radius 1 is 0.769 bits per heavy atom. The topological polar surface area (TPSA) is 78.4 Å². The van der Waals surface area contributed by atoms with Gasteiger partial charge in [-0.05, 0) is 0 Å². The summed E-state index contributed by atoms with van der Waals surface area (Å²) >= 11 is -3.00. The van der Waals surface area contributed by atoms with Gasteiger partial charge in [0.1, 0.15) is 0 Å². The van der Waals surface area contributed by atoms with Gasteiger partial charge in [0.25, 0.3) is 0 Å². The zero-order valence-electron chi connectivity index (χ0n) is 13.6. The van der Waals surface area contributed by atoms with Gasteiger partial charge in [-0.2, -0.15) is 0 Å². The van der Waals surface area contributed by atoms with Gasteiger partial charge in [-0.3, -0.25) is 0 Å². The molecule has 0 bridgehead atoms. The Labute approximate surface area is 160 Å². The zero-order chi connectivity index (χ0) is 18.1. The monoisotopic (exact) mass is 484 g/mol. The van der Waals surface area contributed by atoms with E-state index in [1.165, 1.54) is 5.56 Å². The molecule has 3 aromatic rings. The van der Waals surface area contributed by atoms with E-state index in [1.807, 2.05) is 66.7 Å². The summed E-state index contributed by atoms with van der Waals surface area (Å²) < 4.78 is 40.7. The van der Waals surface area contributed by atoms with Crippen LogP contribution in [0.5, 0.6) is 0 Å². The van der Waals surface area contributed by atoms with Gasteiger partial charge in [0.05, 0.1) is 0 Å². The molecule has 0 N–H and O–H groups in total. The van der Waals surface area contributed by atoms with Crippen LogP contribution in [-0.2, 0) is 9.07 Å². The van der Waals surface area contributed by atoms with E-state index in [1.54, 1.807) is 0 Å². The summed E-state index contributed by atoms with van der Waals surface area (Å²) in [7, 11) is -4.47. The van der Waals surface area contributed by atoms with Crippen LogP contribution in [0.4, 0.5) is 0 Å². The number of hydrogen-bond donors (Lipinski definition) is 0. The molecule has 0 unspecified atom stereocenters. The first-order valence-electron chi connectivity index (χ1n) is 7.96. The fourth-order valence-corrected chi connectivity index (χ4v) is 9.99. The van der Waals surface area contributed by atoms with E-state index in [-0.39, 0.29) is 0 Å². The van der Waals surface area contributed by atoms with Gasteiger partial charge in [-0.25, -0.2) is 0 Å². The molecule has 4 rings (SSSR count). The van der Waals surface area contributed by atoms with E-state index in [4.69, 9.17) is 2.65 Å². The van der Waals surface area contributed by atoms with Crippen molar-refractivity contribution in [2.45, 2.75) is 6.42 Å². The zero-order valence-corrected chi connectivity index (χ0v) is 16.7. The molecule has 0 amide bonds. The van der Waals surface area contributed by atoms with E-state index in [0.717, 1.165) is 29.6 Å². The van der Waals surface area contributed by atoms with Gasteiger partial charge in [0.2, 0.25) is 0 Å². The van der Waals surface area contributed by atoms with Gasteiger partial charge < -0.3 is 0 Å². The van der Waals surface area contributed by atoms with Crippen LogP contribution in [0.1, 0.15) is 11.1 Å². The van der Waals surface area contributed by atoms with Crippen molar-refractivity contribution < 1.29 is 26.9 Å². The first-order chi connectivity index (χ1) is 12.5. The molecule has 4 nitrogen and oxygen atoms in total. The molecule has 0 saturated heterocycles. The Bertz CT molecular complexity index is 1070. The number of fused-ring (bicyclic) bond motifs is 2. The third-order valence-electron chi connectivity index (χ3n) is 4.19. The van der Waals surface area contributed by atoms with Crippen molar-refractivity contribution in [3.63, 3.8) is 0 Å². The summed E-state index contributed by atoms with van der Waals surface area (Å²) in [6, 6.07) is 25.4. The van der Waals surface area contributed by atoms with E-state index in [9.17, 15) is 14.0 Å². The molecule has 0 aromatic heterocycles. The Morgan fingerprint density at radius 2 is 1.42 bits per heavy atom. The van der Waals surface area contributed by atoms with Crippen molar-refractivity contribution in [3.05, 3.63) is 98.4 Å². The quantitative estimate of drug-likeness (QED) is 0.451. The Hall–Kier alpha value is -1.55. The molecule has 0 atom stereocenters. The summed E-state index contributed by atoms with van der Waals surface area (Å²) in [5, 5.41) is 0.977. The second kappa shape index (κ2) is 7.22. The van der Waals surface area contributed by atoms with Gasteiger partial charge >= 0.3 is 160 Å². The molecule has 1 aliphatic rings. The van der Waals surface area contributed by atoms with Crippen LogP contribution in [0.25, 0.3) is 5.57 Å². The second-order valence-corrected chi connectivity index (χ2v) is 11.8. The summed E-state index contributed by atoms with van der Waals surface area (Å²) in [6.07, 6.45) is 0.725. The summed E-state index contributed by atoms with van der Waals surface area (Å²) in [4.78, 5) is 0. The van der Waals surface area contributed by atoms with Crippen LogP contribution in [0.15, 0.2) is 78.9 Å². The van der Waals surface area contributed by atoms with Crippen LogP contribution in [0.3, 0.4) is 0 Å². The summed E-state index contributed by atoms with van der Waals surface area (Å²) in [5.74, 6) is 0. The fraction of sp³-hybridized carbons (Fsp3) is 0.0500. The third-order valence-corrected chi connectivity index (χ3v) is 11.2. The number of benzene rings is 3. The van der Waals surface area contributed by atoms with Crippen LogP contribution < -0.4 is 22.8 Å². The first-order valence-corrected chi connectivity index (χ1v) is 12.5. The van der Waals surface area contributed by atoms with Crippen molar-refractivity contribution in [3.8, 4) is 0 Å². The third kappa shape index (κ3) is 3.62. The van der Waals surface area contributed by atoms with E-state index in [2.05, 4.69) is 12.1 Å². The van der Waals surface area contributed by atoms with Crippen molar-refractivity contribution in [2.24, 2.45) is 0 Å². The summed E-state index contributed by atoms with van der Waals surface area (Å²) in [6.45, 7) is 0. The molecule has 0 fully saturated rings.